The monoisotopic (exact) mass is 258 g/mol. The number of nitrogens with two attached hydrogens (primary N) is 2. The van der Waals surface area contributed by atoms with Crippen LogP contribution in [0.2, 0.25) is 0 Å². The molecular formula is C14H14N2O3. The van der Waals surface area contributed by atoms with Crippen molar-refractivity contribution >= 4 is 17.3 Å². The van der Waals surface area contributed by atoms with Crippen LogP contribution < -0.4 is 16.2 Å². The predicted molar refractivity (Wildman–Crippen MR) is 73.0 cm³/mol. The number of anilines is 2. The SMILES string of the molecule is Nc1cc(N)cc(OCc2ccc(C(=O)O)cc2)c1. The van der Waals surface area contributed by atoms with Crippen LogP contribution in [0.25, 0.3) is 0 Å². The number of hydrogen-bond donors (Lipinski definition) is 3. The van der Waals surface area contributed by atoms with Gasteiger partial charge in [-0.05, 0) is 23.8 Å². The van der Waals surface area contributed by atoms with Crippen molar-refractivity contribution in [3.8, 4) is 5.75 Å². The van der Waals surface area contributed by atoms with Crippen LogP contribution in [0.5, 0.6) is 5.75 Å². The molecule has 0 aliphatic rings. The molecule has 2 rings (SSSR count). The summed E-state index contributed by atoms with van der Waals surface area (Å²) in [6.07, 6.45) is 0. The zero-order chi connectivity index (χ0) is 13.8. The van der Waals surface area contributed by atoms with Gasteiger partial charge in [0.1, 0.15) is 12.4 Å². The Hall–Kier alpha value is -2.69. The van der Waals surface area contributed by atoms with E-state index in [-0.39, 0.29) is 5.56 Å². The Morgan fingerprint density at radius 2 is 1.63 bits per heavy atom. The lowest BCUT2D eigenvalue weighted by atomic mass is 10.1. The summed E-state index contributed by atoms with van der Waals surface area (Å²) in [6, 6.07) is 11.5. The molecule has 0 unspecified atom stereocenters. The predicted octanol–water partition coefficient (Wildman–Crippen LogP) is 2.13. The van der Waals surface area contributed by atoms with Gasteiger partial charge in [-0.2, -0.15) is 0 Å². The van der Waals surface area contributed by atoms with Crippen LogP contribution in [0.4, 0.5) is 11.4 Å². The first-order valence-electron chi connectivity index (χ1n) is 5.65. The summed E-state index contributed by atoms with van der Waals surface area (Å²) in [5.74, 6) is -0.365. The Kier molecular flexibility index (Phi) is 3.56. The van der Waals surface area contributed by atoms with Crippen LogP contribution >= 0.6 is 0 Å². The van der Waals surface area contributed by atoms with Gasteiger partial charge in [0.05, 0.1) is 5.56 Å². The minimum atomic E-state index is -0.948. The van der Waals surface area contributed by atoms with Gasteiger partial charge in [-0.3, -0.25) is 0 Å². The van der Waals surface area contributed by atoms with Crippen molar-refractivity contribution < 1.29 is 14.6 Å². The van der Waals surface area contributed by atoms with E-state index in [0.717, 1.165) is 5.56 Å². The number of benzene rings is 2. The van der Waals surface area contributed by atoms with Crippen molar-refractivity contribution in [1.29, 1.82) is 0 Å². The first kappa shape index (κ1) is 12.8. The molecular weight excluding hydrogens is 244 g/mol. The number of carboxylic acids is 1. The van der Waals surface area contributed by atoms with E-state index in [2.05, 4.69) is 0 Å². The van der Waals surface area contributed by atoms with E-state index in [0.29, 0.717) is 23.7 Å². The fourth-order valence-electron chi connectivity index (χ4n) is 1.64. The molecule has 19 heavy (non-hydrogen) atoms. The van der Waals surface area contributed by atoms with E-state index in [1.165, 1.54) is 12.1 Å². The van der Waals surface area contributed by atoms with Crippen LogP contribution in [0.1, 0.15) is 15.9 Å². The number of hydrogen-bond acceptors (Lipinski definition) is 4. The second kappa shape index (κ2) is 5.30. The minimum absolute atomic E-state index is 0.247. The maximum absolute atomic E-state index is 10.7. The van der Waals surface area contributed by atoms with Crippen molar-refractivity contribution in [3.05, 3.63) is 53.6 Å². The van der Waals surface area contributed by atoms with Gasteiger partial charge < -0.3 is 21.3 Å². The molecule has 0 aromatic heterocycles. The van der Waals surface area contributed by atoms with Crippen molar-refractivity contribution in [2.45, 2.75) is 6.61 Å². The highest BCUT2D eigenvalue weighted by Crippen LogP contribution is 2.21. The van der Waals surface area contributed by atoms with Gasteiger partial charge in [0.2, 0.25) is 0 Å². The molecule has 98 valence electrons. The van der Waals surface area contributed by atoms with Crippen molar-refractivity contribution in [2.24, 2.45) is 0 Å². The summed E-state index contributed by atoms with van der Waals surface area (Å²) < 4.78 is 5.55. The third-order valence-electron chi connectivity index (χ3n) is 2.56. The summed E-state index contributed by atoms with van der Waals surface area (Å²) in [5, 5.41) is 8.79. The van der Waals surface area contributed by atoms with Gasteiger partial charge in [0.25, 0.3) is 0 Å². The molecule has 0 saturated heterocycles. The molecule has 5 nitrogen and oxygen atoms in total. The molecule has 2 aromatic rings. The number of carbonyl (C=O) groups is 1. The Balaban J connectivity index is 2.03. The van der Waals surface area contributed by atoms with Gasteiger partial charge in [0.15, 0.2) is 0 Å². The average Bonchev–Trinajstić information content (AvgIpc) is 2.36. The van der Waals surface area contributed by atoms with Gasteiger partial charge in [-0.1, -0.05) is 12.1 Å². The first-order chi connectivity index (χ1) is 9.04. The summed E-state index contributed by atoms with van der Waals surface area (Å²) >= 11 is 0. The first-order valence-corrected chi connectivity index (χ1v) is 5.65. The fraction of sp³-hybridized carbons (Fsp3) is 0.0714. The van der Waals surface area contributed by atoms with Crippen LogP contribution in [0.15, 0.2) is 42.5 Å². The third kappa shape index (κ3) is 3.38. The Bertz CT molecular complexity index is 574. The highest BCUT2D eigenvalue weighted by molar-refractivity contribution is 5.87. The quantitative estimate of drug-likeness (QED) is 0.729. The second-order valence-corrected chi connectivity index (χ2v) is 4.13. The zero-order valence-electron chi connectivity index (χ0n) is 10.2. The topological polar surface area (TPSA) is 98.6 Å². The molecule has 0 spiro atoms. The van der Waals surface area contributed by atoms with E-state index < -0.39 is 5.97 Å². The standard InChI is InChI=1S/C14H14N2O3/c15-11-5-12(16)7-13(6-11)19-8-9-1-3-10(4-2-9)14(17)18/h1-7H,8,15-16H2,(H,17,18). The maximum atomic E-state index is 10.7. The van der Waals surface area contributed by atoms with Crippen molar-refractivity contribution in [3.63, 3.8) is 0 Å². The number of nitrogen functional groups attached to an aromatic ring is 2. The number of carboxylic acid groups (broad SMARTS) is 1. The van der Waals surface area contributed by atoms with Crippen LogP contribution in [-0.2, 0) is 6.61 Å². The highest BCUT2D eigenvalue weighted by Gasteiger charge is 2.03. The van der Waals surface area contributed by atoms with Gasteiger partial charge >= 0.3 is 5.97 Å². The molecule has 0 radical (unpaired) electrons. The molecule has 5 heteroatoms. The average molecular weight is 258 g/mol. The molecule has 0 bridgehead atoms. The molecule has 0 fully saturated rings. The molecule has 5 N–H and O–H groups in total. The van der Waals surface area contributed by atoms with E-state index in [1.807, 2.05) is 0 Å². The Morgan fingerprint density at radius 3 is 2.16 bits per heavy atom. The van der Waals surface area contributed by atoms with Crippen LogP contribution in [-0.4, -0.2) is 11.1 Å². The van der Waals surface area contributed by atoms with Crippen molar-refractivity contribution in [2.75, 3.05) is 11.5 Å². The smallest absolute Gasteiger partial charge is 0.335 e. The number of aromatic carboxylic acids is 1. The van der Waals surface area contributed by atoms with Crippen molar-refractivity contribution in [1.82, 2.24) is 0 Å². The second-order valence-electron chi connectivity index (χ2n) is 4.13. The van der Waals surface area contributed by atoms with E-state index in [4.69, 9.17) is 21.3 Å². The highest BCUT2D eigenvalue weighted by atomic mass is 16.5. The van der Waals surface area contributed by atoms with E-state index >= 15 is 0 Å². The Morgan fingerprint density at radius 1 is 1.05 bits per heavy atom. The molecule has 0 saturated carbocycles. The maximum Gasteiger partial charge on any atom is 0.335 e. The minimum Gasteiger partial charge on any atom is -0.489 e. The molecule has 0 heterocycles. The van der Waals surface area contributed by atoms with Gasteiger partial charge in [0, 0.05) is 23.5 Å². The largest absolute Gasteiger partial charge is 0.489 e. The third-order valence-corrected chi connectivity index (χ3v) is 2.56. The molecule has 2 aromatic carbocycles. The summed E-state index contributed by atoms with van der Waals surface area (Å²) in [5.41, 5.74) is 13.5. The fourth-order valence-corrected chi connectivity index (χ4v) is 1.64. The lowest BCUT2D eigenvalue weighted by Gasteiger charge is -2.08. The number of rotatable bonds is 4. The Labute approximate surface area is 110 Å². The lowest BCUT2D eigenvalue weighted by molar-refractivity contribution is 0.0697. The van der Waals surface area contributed by atoms with E-state index in [9.17, 15) is 4.79 Å². The van der Waals surface area contributed by atoms with Crippen LogP contribution in [0.3, 0.4) is 0 Å². The summed E-state index contributed by atoms with van der Waals surface area (Å²) in [6.45, 7) is 0.322. The normalized spacial score (nSPS) is 10.1. The number of ether oxygens (including phenoxy) is 1. The molecule has 0 amide bonds. The summed E-state index contributed by atoms with van der Waals surface area (Å²) in [7, 11) is 0. The summed E-state index contributed by atoms with van der Waals surface area (Å²) in [4.78, 5) is 10.7. The van der Waals surface area contributed by atoms with Crippen LogP contribution in [0, 0.1) is 0 Å². The molecule has 0 aliphatic carbocycles. The van der Waals surface area contributed by atoms with E-state index in [1.54, 1.807) is 30.3 Å². The van der Waals surface area contributed by atoms with Gasteiger partial charge in [-0.15, -0.1) is 0 Å². The lowest BCUT2D eigenvalue weighted by Crippen LogP contribution is -2.00. The molecule has 0 atom stereocenters. The molecule has 0 aliphatic heterocycles. The zero-order valence-corrected chi connectivity index (χ0v) is 10.2. The van der Waals surface area contributed by atoms with Gasteiger partial charge in [-0.25, -0.2) is 4.79 Å².